The molecule has 0 saturated heterocycles. The maximum atomic E-state index is 11.6. The lowest BCUT2D eigenvalue weighted by Crippen LogP contribution is -2.38. The van der Waals surface area contributed by atoms with Crippen LogP contribution < -0.4 is 5.32 Å². The molecule has 1 aliphatic rings. The van der Waals surface area contributed by atoms with Gasteiger partial charge in [-0.2, -0.15) is 0 Å². The van der Waals surface area contributed by atoms with Gasteiger partial charge in [-0.05, 0) is 45.4 Å². The maximum Gasteiger partial charge on any atom is 0.246 e. The van der Waals surface area contributed by atoms with Crippen LogP contribution in [-0.2, 0) is 9.53 Å². The SMILES string of the molecule is CC1(C)CCC(NC(=O)COC(C)(C)C)C1. The van der Waals surface area contributed by atoms with E-state index in [1.54, 1.807) is 0 Å². The third-order valence-electron chi connectivity index (χ3n) is 2.97. The highest BCUT2D eigenvalue weighted by atomic mass is 16.5. The first-order valence-corrected chi connectivity index (χ1v) is 6.11. The Morgan fingerprint density at radius 3 is 2.50 bits per heavy atom. The summed E-state index contributed by atoms with van der Waals surface area (Å²) >= 11 is 0. The Kier molecular flexibility index (Phi) is 4.00. The second kappa shape index (κ2) is 4.74. The standard InChI is InChI=1S/C13H25NO2/c1-12(2,3)16-9-11(15)14-10-6-7-13(4,5)8-10/h10H,6-9H2,1-5H3,(H,14,15). The molecular weight excluding hydrogens is 202 g/mol. The van der Waals surface area contributed by atoms with Gasteiger partial charge in [0.2, 0.25) is 5.91 Å². The zero-order valence-electron chi connectivity index (χ0n) is 11.2. The van der Waals surface area contributed by atoms with E-state index in [0.29, 0.717) is 11.5 Å². The first kappa shape index (κ1) is 13.5. The summed E-state index contributed by atoms with van der Waals surface area (Å²) < 4.78 is 5.44. The van der Waals surface area contributed by atoms with Gasteiger partial charge in [-0.1, -0.05) is 13.8 Å². The molecule has 0 aliphatic heterocycles. The summed E-state index contributed by atoms with van der Waals surface area (Å²) in [5.41, 5.74) is 0.134. The number of carbonyl (C=O) groups is 1. The molecule has 1 N–H and O–H groups in total. The number of carbonyl (C=O) groups excluding carboxylic acids is 1. The summed E-state index contributed by atoms with van der Waals surface area (Å²) in [7, 11) is 0. The van der Waals surface area contributed by atoms with Crippen molar-refractivity contribution in [2.24, 2.45) is 5.41 Å². The van der Waals surface area contributed by atoms with Crippen molar-refractivity contribution in [2.45, 2.75) is 65.5 Å². The Labute approximate surface area is 98.9 Å². The number of amides is 1. The van der Waals surface area contributed by atoms with Gasteiger partial charge in [0.15, 0.2) is 0 Å². The van der Waals surface area contributed by atoms with Gasteiger partial charge in [0, 0.05) is 6.04 Å². The van der Waals surface area contributed by atoms with Crippen LogP contribution in [0.1, 0.15) is 53.9 Å². The van der Waals surface area contributed by atoms with Crippen molar-refractivity contribution in [3.63, 3.8) is 0 Å². The van der Waals surface area contributed by atoms with Crippen molar-refractivity contribution in [1.82, 2.24) is 5.32 Å². The Bertz CT molecular complexity index is 253. The average Bonchev–Trinajstić information content (AvgIpc) is 2.41. The smallest absolute Gasteiger partial charge is 0.246 e. The number of nitrogens with one attached hydrogen (secondary N) is 1. The van der Waals surface area contributed by atoms with Crippen LogP contribution in [0.25, 0.3) is 0 Å². The van der Waals surface area contributed by atoms with Gasteiger partial charge in [-0.25, -0.2) is 0 Å². The largest absolute Gasteiger partial charge is 0.366 e. The lowest BCUT2D eigenvalue weighted by Gasteiger charge is -2.21. The highest BCUT2D eigenvalue weighted by Crippen LogP contribution is 2.36. The molecule has 0 bridgehead atoms. The fraction of sp³-hybridized carbons (Fsp3) is 0.923. The molecule has 16 heavy (non-hydrogen) atoms. The molecular formula is C13H25NO2. The molecule has 1 fully saturated rings. The van der Waals surface area contributed by atoms with Crippen LogP contribution in [0, 0.1) is 5.41 Å². The Morgan fingerprint density at radius 1 is 1.44 bits per heavy atom. The molecule has 0 spiro atoms. The van der Waals surface area contributed by atoms with Gasteiger partial charge in [-0.15, -0.1) is 0 Å². The zero-order chi connectivity index (χ0) is 12.4. The normalized spacial score (nSPS) is 24.4. The van der Waals surface area contributed by atoms with Crippen LogP contribution in [-0.4, -0.2) is 24.2 Å². The molecule has 3 heteroatoms. The van der Waals surface area contributed by atoms with Crippen LogP contribution >= 0.6 is 0 Å². The Morgan fingerprint density at radius 2 is 2.06 bits per heavy atom. The van der Waals surface area contributed by atoms with Gasteiger partial charge < -0.3 is 10.1 Å². The van der Waals surface area contributed by atoms with E-state index in [0.717, 1.165) is 12.8 Å². The van der Waals surface area contributed by atoms with Crippen molar-refractivity contribution in [3.8, 4) is 0 Å². The van der Waals surface area contributed by atoms with E-state index in [1.807, 2.05) is 20.8 Å². The molecule has 0 aromatic carbocycles. The van der Waals surface area contributed by atoms with Crippen LogP contribution in [0.4, 0.5) is 0 Å². The summed E-state index contributed by atoms with van der Waals surface area (Å²) in [6, 6.07) is 0.339. The fourth-order valence-corrected chi connectivity index (χ4v) is 2.11. The third kappa shape index (κ3) is 4.97. The summed E-state index contributed by atoms with van der Waals surface area (Å²) in [4.78, 5) is 11.6. The second-order valence-electron chi connectivity index (χ2n) is 6.57. The van der Waals surface area contributed by atoms with Crippen LogP contribution in [0.3, 0.4) is 0 Å². The van der Waals surface area contributed by atoms with E-state index in [4.69, 9.17) is 4.74 Å². The monoisotopic (exact) mass is 227 g/mol. The summed E-state index contributed by atoms with van der Waals surface area (Å²) in [5, 5.41) is 3.04. The maximum absolute atomic E-state index is 11.6. The molecule has 0 aromatic heterocycles. The van der Waals surface area contributed by atoms with E-state index < -0.39 is 0 Å². The van der Waals surface area contributed by atoms with Crippen LogP contribution in [0.15, 0.2) is 0 Å². The number of hydrogen-bond acceptors (Lipinski definition) is 2. The number of rotatable bonds is 3. The van der Waals surface area contributed by atoms with E-state index in [9.17, 15) is 4.79 Å². The van der Waals surface area contributed by atoms with E-state index >= 15 is 0 Å². The fourth-order valence-electron chi connectivity index (χ4n) is 2.11. The first-order valence-electron chi connectivity index (χ1n) is 6.11. The quantitative estimate of drug-likeness (QED) is 0.804. The highest BCUT2D eigenvalue weighted by molar-refractivity contribution is 5.77. The Balaban J connectivity index is 2.26. The van der Waals surface area contributed by atoms with E-state index in [2.05, 4.69) is 19.2 Å². The van der Waals surface area contributed by atoms with E-state index in [-0.39, 0.29) is 18.1 Å². The van der Waals surface area contributed by atoms with Crippen molar-refractivity contribution < 1.29 is 9.53 Å². The van der Waals surface area contributed by atoms with Gasteiger partial charge in [-0.3, -0.25) is 4.79 Å². The van der Waals surface area contributed by atoms with Crippen LogP contribution in [0.2, 0.25) is 0 Å². The lowest BCUT2D eigenvalue weighted by atomic mass is 9.92. The minimum absolute atomic E-state index is 0.0117. The Hall–Kier alpha value is -0.570. The average molecular weight is 227 g/mol. The van der Waals surface area contributed by atoms with E-state index in [1.165, 1.54) is 6.42 Å². The lowest BCUT2D eigenvalue weighted by molar-refractivity contribution is -0.131. The zero-order valence-corrected chi connectivity index (χ0v) is 11.2. The molecule has 3 nitrogen and oxygen atoms in total. The minimum atomic E-state index is -0.244. The molecule has 0 heterocycles. The summed E-state index contributed by atoms with van der Waals surface area (Å²) in [6.45, 7) is 10.5. The summed E-state index contributed by atoms with van der Waals surface area (Å²) in [6.07, 6.45) is 3.36. The number of ether oxygens (including phenoxy) is 1. The van der Waals surface area contributed by atoms with Crippen molar-refractivity contribution in [2.75, 3.05) is 6.61 Å². The van der Waals surface area contributed by atoms with Crippen LogP contribution in [0.5, 0.6) is 0 Å². The van der Waals surface area contributed by atoms with Crippen molar-refractivity contribution >= 4 is 5.91 Å². The second-order valence-corrected chi connectivity index (χ2v) is 6.57. The first-order chi connectivity index (χ1) is 7.18. The topological polar surface area (TPSA) is 38.3 Å². The van der Waals surface area contributed by atoms with Gasteiger partial charge >= 0.3 is 0 Å². The molecule has 0 radical (unpaired) electrons. The third-order valence-corrected chi connectivity index (χ3v) is 2.97. The predicted octanol–water partition coefficient (Wildman–Crippen LogP) is 2.50. The van der Waals surface area contributed by atoms with Gasteiger partial charge in [0.05, 0.1) is 5.60 Å². The number of hydrogen-bond donors (Lipinski definition) is 1. The minimum Gasteiger partial charge on any atom is -0.366 e. The molecule has 1 atom stereocenters. The molecule has 1 rings (SSSR count). The van der Waals surface area contributed by atoms with Crippen molar-refractivity contribution in [3.05, 3.63) is 0 Å². The predicted molar refractivity (Wildman–Crippen MR) is 65.3 cm³/mol. The highest BCUT2D eigenvalue weighted by Gasteiger charge is 2.31. The summed E-state index contributed by atoms with van der Waals surface area (Å²) in [5.74, 6) is 0.0117. The molecule has 1 unspecified atom stereocenters. The molecule has 0 aromatic rings. The molecule has 94 valence electrons. The van der Waals surface area contributed by atoms with Crippen molar-refractivity contribution in [1.29, 1.82) is 0 Å². The van der Waals surface area contributed by atoms with Gasteiger partial charge in [0.1, 0.15) is 6.61 Å². The molecule has 1 amide bonds. The molecule has 1 saturated carbocycles. The van der Waals surface area contributed by atoms with Gasteiger partial charge in [0.25, 0.3) is 0 Å². The molecule has 1 aliphatic carbocycles.